The van der Waals surface area contributed by atoms with Gasteiger partial charge in [0.15, 0.2) is 6.61 Å². The van der Waals surface area contributed by atoms with E-state index in [0.717, 1.165) is 5.56 Å². The van der Waals surface area contributed by atoms with Gasteiger partial charge < -0.3 is 16.2 Å². The van der Waals surface area contributed by atoms with Crippen LogP contribution in [-0.2, 0) is 4.79 Å². The van der Waals surface area contributed by atoms with Crippen LogP contribution in [0.25, 0.3) is 0 Å². The van der Waals surface area contributed by atoms with Crippen LogP contribution in [0, 0.1) is 0 Å². The van der Waals surface area contributed by atoms with Crippen molar-refractivity contribution in [2.45, 2.75) is 13.0 Å². The first kappa shape index (κ1) is 11.8. The molecule has 4 N–H and O–H groups in total. The monoisotopic (exact) mass is 228 g/mol. The van der Waals surface area contributed by atoms with Gasteiger partial charge in [0.2, 0.25) is 0 Å². The maximum Gasteiger partial charge on any atom is 0.255 e. The fourth-order valence-corrected chi connectivity index (χ4v) is 1.31. The quantitative estimate of drug-likeness (QED) is 0.814. The summed E-state index contributed by atoms with van der Waals surface area (Å²) in [6.45, 7) is 1.67. The maximum absolute atomic E-state index is 10.5. The topological polar surface area (TPSA) is 78.3 Å². The van der Waals surface area contributed by atoms with E-state index in [1.165, 1.54) is 0 Å². The third-order valence-electron chi connectivity index (χ3n) is 1.85. The van der Waals surface area contributed by atoms with Crippen molar-refractivity contribution in [3.05, 3.63) is 28.8 Å². The van der Waals surface area contributed by atoms with E-state index >= 15 is 0 Å². The van der Waals surface area contributed by atoms with Crippen LogP contribution in [0.1, 0.15) is 18.5 Å². The smallest absolute Gasteiger partial charge is 0.255 e. The zero-order valence-corrected chi connectivity index (χ0v) is 9.12. The Morgan fingerprint density at radius 2 is 2.27 bits per heavy atom. The van der Waals surface area contributed by atoms with Crippen LogP contribution in [0.3, 0.4) is 0 Å². The summed E-state index contributed by atoms with van der Waals surface area (Å²) in [5, 5.41) is 0.422. The zero-order chi connectivity index (χ0) is 11.4. The second kappa shape index (κ2) is 5.00. The number of nitrogens with two attached hydrogens (primary N) is 2. The van der Waals surface area contributed by atoms with E-state index in [1.54, 1.807) is 18.2 Å². The molecule has 82 valence electrons. The Morgan fingerprint density at radius 1 is 1.60 bits per heavy atom. The first-order valence-corrected chi connectivity index (χ1v) is 4.84. The first-order valence-electron chi connectivity index (χ1n) is 4.47. The summed E-state index contributed by atoms with van der Waals surface area (Å²) in [5.41, 5.74) is 11.5. The molecule has 0 saturated heterocycles. The van der Waals surface area contributed by atoms with Crippen molar-refractivity contribution in [2.75, 3.05) is 6.61 Å². The molecule has 5 heteroatoms. The summed E-state index contributed by atoms with van der Waals surface area (Å²) in [6, 6.07) is 5.09. The minimum absolute atomic E-state index is 0.0901. The lowest BCUT2D eigenvalue weighted by Gasteiger charge is -2.09. The van der Waals surface area contributed by atoms with Crippen LogP contribution in [0.4, 0.5) is 0 Å². The molecule has 0 heterocycles. The molecule has 15 heavy (non-hydrogen) atoms. The van der Waals surface area contributed by atoms with Gasteiger partial charge in [0.1, 0.15) is 5.75 Å². The van der Waals surface area contributed by atoms with E-state index in [2.05, 4.69) is 0 Å². The average molecular weight is 229 g/mol. The summed E-state index contributed by atoms with van der Waals surface area (Å²) in [4.78, 5) is 10.5. The van der Waals surface area contributed by atoms with E-state index < -0.39 is 5.91 Å². The van der Waals surface area contributed by atoms with Crippen molar-refractivity contribution in [3.63, 3.8) is 0 Å². The number of halogens is 1. The fraction of sp³-hybridized carbons (Fsp3) is 0.300. The summed E-state index contributed by atoms with van der Waals surface area (Å²) in [6.07, 6.45) is 0. The number of benzene rings is 1. The highest BCUT2D eigenvalue weighted by atomic mass is 35.5. The number of carbonyl (C=O) groups is 1. The van der Waals surface area contributed by atoms with Crippen molar-refractivity contribution < 1.29 is 9.53 Å². The minimum Gasteiger partial charge on any atom is -0.482 e. The minimum atomic E-state index is -0.540. The van der Waals surface area contributed by atoms with Crippen molar-refractivity contribution >= 4 is 17.5 Å². The molecule has 0 aliphatic rings. The summed E-state index contributed by atoms with van der Waals surface area (Å²) in [7, 11) is 0. The van der Waals surface area contributed by atoms with Gasteiger partial charge >= 0.3 is 0 Å². The predicted octanol–water partition coefficient (Wildman–Crippen LogP) is 1.22. The molecule has 1 atom stereocenters. The van der Waals surface area contributed by atoms with Gasteiger partial charge in [-0.3, -0.25) is 4.79 Å². The van der Waals surface area contributed by atoms with Gasteiger partial charge in [0.25, 0.3) is 5.91 Å². The number of primary amides is 1. The van der Waals surface area contributed by atoms with E-state index in [-0.39, 0.29) is 12.6 Å². The van der Waals surface area contributed by atoms with E-state index in [1.807, 2.05) is 6.92 Å². The number of rotatable bonds is 4. The third-order valence-corrected chi connectivity index (χ3v) is 2.15. The van der Waals surface area contributed by atoms with Gasteiger partial charge in [-0.1, -0.05) is 17.7 Å². The molecule has 1 aromatic carbocycles. The van der Waals surface area contributed by atoms with E-state index in [4.69, 9.17) is 27.8 Å². The molecule has 0 saturated carbocycles. The predicted molar refractivity (Wildman–Crippen MR) is 58.7 cm³/mol. The van der Waals surface area contributed by atoms with Crippen molar-refractivity contribution in [3.8, 4) is 5.75 Å². The Hall–Kier alpha value is -1.26. The lowest BCUT2D eigenvalue weighted by Crippen LogP contribution is -2.20. The Morgan fingerprint density at radius 3 is 2.73 bits per heavy atom. The Bertz CT molecular complexity index is 366. The van der Waals surface area contributed by atoms with Gasteiger partial charge in [-0.2, -0.15) is 0 Å². The Labute approximate surface area is 93.1 Å². The molecule has 0 fully saturated rings. The number of amides is 1. The van der Waals surface area contributed by atoms with Gasteiger partial charge in [0, 0.05) is 6.04 Å². The largest absolute Gasteiger partial charge is 0.482 e. The molecule has 0 radical (unpaired) electrons. The molecule has 1 rings (SSSR count). The zero-order valence-electron chi connectivity index (χ0n) is 8.37. The summed E-state index contributed by atoms with van der Waals surface area (Å²) < 4.78 is 5.09. The lowest BCUT2D eigenvalue weighted by atomic mass is 10.1. The molecule has 0 spiro atoms. The normalized spacial score (nSPS) is 12.2. The van der Waals surface area contributed by atoms with Gasteiger partial charge in [-0.15, -0.1) is 0 Å². The van der Waals surface area contributed by atoms with Crippen molar-refractivity contribution in [2.24, 2.45) is 11.5 Å². The van der Waals surface area contributed by atoms with Gasteiger partial charge in [-0.05, 0) is 24.6 Å². The molecule has 4 nitrogen and oxygen atoms in total. The molecule has 0 aromatic heterocycles. The number of hydrogen-bond donors (Lipinski definition) is 2. The molecule has 0 aliphatic carbocycles. The molecule has 1 aromatic rings. The van der Waals surface area contributed by atoms with Crippen LogP contribution >= 0.6 is 11.6 Å². The summed E-state index contributed by atoms with van der Waals surface area (Å²) in [5.74, 6) is -0.109. The van der Waals surface area contributed by atoms with Crippen LogP contribution in [-0.4, -0.2) is 12.5 Å². The van der Waals surface area contributed by atoms with Crippen molar-refractivity contribution in [1.29, 1.82) is 0 Å². The molecule has 1 amide bonds. The molecule has 0 bridgehead atoms. The van der Waals surface area contributed by atoms with Crippen LogP contribution in [0.2, 0.25) is 5.02 Å². The second-order valence-corrected chi connectivity index (χ2v) is 3.64. The SMILES string of the molecule is C[C@@H](N)c1ccc(OCC(N)=O)c(Cl)c1. The summed E-state index contributed by atoms with van der Waals surface area (Å²) >= 11 is 5.92. The van der Waals surface area contributed by atoms with E-state index in [0.29, 0.717) is 10.8 Å². The number of carbonyl (C=O) groups excluding carboxylic acids is 1. The van der Waals surface area contributed by atoms with Gasteiger partial charge in [-0.25, -0.2) is 0 Å². The Kier molecular flexibility index (Phi) is 3.94. The molecular formula is C10H13ClN2O2. The maximum atomic E-state index is 10.5. The fourth-order valence-electron chi connectivity index (χ4n) is 1.07. The third kappa shape index (κ3) is 3.42. The highest BCUT2D eigenvalue weighted by Crippen LogP contribution is 2.27. The number of hydrogen-bond acceptors (Lipinski definition) is 3. The standard InChI is InChI=1S/C10H13ClN2O2/c1-6(12)7-2-3-9(8(11)4-7)15-5-10(13)14/h2-4,6H,5,12H2,1H3,(H2,13,14)/t6-/m1/s1. The van der Waals surface area contributed by atoms with Gasteiger partial charge in [0.05, 0.1) is 5.02 Å². The molecule has 0 aliphatic heterocycles. The highest BCUT2D eigenvalue weighted by molar-refractivity contribution is 6.32. The average Bonchev–Trinajstić information content (AvgIpc) is 2.15. The molecule has 0 unspecified atom stereocenters. The first-order chi connectivity index (χ1) is 7.00. The highest BCUT2D eigenvalue weighted by Gasteiger charge is 2.06. The van der Waals surface area contributed by atoms with Crippen LogP contribution in [0.15, 0.2) is 18.2 Å². The van der Waals surface area contributed by atoms with E-state index in [9.17, 15) is 4.79 Å². The van der Waals surface area contributed by atoms with Crippen LogP contribution < -0.4 is 16.2 Å². The second-order valence-electron chi connectivity index (χ2n) is 3.23. The van der Waals surface area contributed by atoms with Crippen LogP contribution in [0.5, 0.6) is 5.75 Å². The number of ether oxygens (including phenoxy) is 1. The molecular weight excluding hydrogens is 216 g/mol. The Balaban J connectivity index is 2.79. The lowest BCUT2D eigenvalue weighted by molar-refractivity contribution is -0.119. The van der Waals surface area contributed by atoms with Crippen molar-refractivity contribution in [1.82, 2.24) is 0 Å².